The molecule has 0 atom stereocenters. The lowest BCUT2D eigenvalue weighted by atomic mass is 9.71. The number of nitrogens with two attached hydrogens (primary N) is 1. The Morgan fingerprint density at radius 1 is 1.03 bits per heavy atom. The van der Waals surface area contributed by atoms with Crippen molar-refractivity contribution in [1.29, 1.82) is 5.53 Å². The van der Waals surface area contributed by atoms with Gasteiger partial charge in [0, 0.05) is 23.8 Å². The number of anilines is 1. The highest BCUT2D eigenvalue weighted by Gasteiger charge is 2.33. The van der Waals surface area contributed by atoms with Crippen LogP contribution in [0, 0.1) is 30.7 Å². The molecule has 0 radical (unpaired) electrons. The molecule has 8 heteroatoms. The molecule has 0 heterocycles. The summed E-state index contributed by atoms with van der Waals surface area (Å²) in [6.07, 6.45) is 4.11. The highest BCUT2D eigenvalue weighted by molar-refractivity contribution is 6.02. The van der Waals surface area contributed by atoms with Gasteiger partial charge in [-0.3, -0.25) is 4.79 Å². The van der Waals surface area contributed by atoms with Crippen molar-refractivity contribution >= 4 is 23.6 Å². The van der Waals surface area contributed by atoms with E-state index >= 15 is 0 Å². The number of nitrogens with one attached hydrogen (secondary N) is 2. The van der Waals surface area contributed by atoms with Gasteiger partial charge in [-0.2, -0.15) is 4.99 Å². The summed E-state index contributed by atoms with van der Waals surface area (Å²) < 4.78 is 0. The van der Waals surface area contributed by atoms with Crippen LogP contribution in [-0.2, 0) is 6.54 Å². The van der Waals surface area contributed by atoms with Crippen molar-refractivity contribution in [2.75, 3.05) is 5.32 Å². The minimum Gasteiger partial charge on any atom is -0.366 e. The highest BCUT2D eigenvalue weighted by atomic mass is 16.2. The lowest BCUT2D eigenvalue weighted by molar-refractivity contribution is 0.100. The Bertz CT molecular complexity index is 1110. The predicted molar refractivity (Wildman–Crippen MR) is 143 cm³/mol. The van der Waals surface area contributed by atoms with Gasteiger partial charge in [-0.25, -0.2) is 10.3 Å². The van der Waals surface area contributed by atoms with Gasteiger partial charge in [0.1, 0.15) is 0 Å². The first kappa shape index (κ1) is 27.0. The normalized spacial score (nSPS) is 18.4. The topological polar surface area (TPSA) is 124 Å². The van der Waals surface area contributed by atoms with Crippen LogP contribution in [0.4, 0.5) is 10.5 Å². The lowest BCUT2D eigenvalue weighted by Gasteiger charge is -2.41. The molecule has 0 spiro atoms. The third kappa shape index (κ3) is 7.23. The summed E-state index contributed by atoms with van der Waals surface area (Å²) >= 11 is 0. The van der Waals surface area contributed by atoms with Gasteiger partial charge in [-0.15, -0.1) is 5.11 Å². The van der Waals surface area contributed by atoms with E-state index in [-0.39, 0.29) is 23.4 Å². The molecule has 2 aromatic carbocycles. The number of aliphatic imine (C=N–C) groups is 1. The van der Waals surface area contributed by atoms with Crippen LogP contribution < -0.4 is 11.1 Å². The molecule has 2 aromatic rings. The fraction of sp³-hybridized carbons (Fsp3) is 0.464. The van der Waals surface area contributed by atoms with Gasteiger partial charge < -0.3 is 16.0 Å². The number of nitrogens with zero attached hydrogens (tertiary/aromatic N) is 3. The Hall–Kier alpha value is -3.55. The van der Waals surface area contributed by atoms with E-state index < -0.39 is 5.91 Å². The molecule has 0 aliphatic heterocycles. The number of hydrogen-bond acceptors (Lipinski definition) is 3. The van der Waals surface area contributed by atoms with Crippen LogP contribution in [0.2, 0.25) is 0 Å². The quantitative estimate of drug-likeness (QED) is 0.254. The Morgan fingerprint density at radius 3 is 2.14 bits per heavy atom. The van der Waals surface area contributed by atoms with Gasteiger partial charge in [-0.05, 0) is 91.8 Å². The fourth-order valence-corrected chi connectivity index (χ4v) is 5.01. The van der Waals surface area contributed by atoms with Crippen molar-refractivity contribution in [3.63, 3.8) is 0 Å². The van der Waals surface area contributed by atoms with Crippen LogP contribution in [0.5, 0.6) is 0 Å². The Balaban J connectivity index is 1.80. The predicted octanol–water partition coefficient (Wildman–Crippen LogP) is 6.43. The summed E-state index contributed by atoms with van der Waals surface area (Å²) in [6.45, 7) is 11.4. The maximum atomic E-state index is 13.5. The zero-order valence-electron chi connectivity index (χ0n) is 22.0. The monoisotopic (exact) mass is 490 g/mol. The zero-order valence-corrected chi connectivity index (χ0v) is 22.0. The molecule has 1 saturated carbocycles. The molecule has 4 N–H and O–H groups in total. The Kier molecular flexibility index (Phi) is 8.61. The largest absolute Gasteiger partial charge is 0.366 e. The first-order chi connectivity index (χ1) is 17.0. The molecular formula is C28H38N6O2. The minimum atomic E-state index is -0.556. The van der Waals surface area contributed by atoms with Crippen LogP contribution in [0.25, 0.3) is 0 Å². The zero-order chi connectivity index (χ0) is 26.5. The van der Waals surface area contributed by atoms with E-state index in [4.69, 9.17) is 11.3 Å². The number of rotatable bonds is 5. The molecule has 3 rings (SSSR count). The minimum absolute atomic E-state index is 0.117. The molecule has 3 amide bonds. The molecule has 0 aromatic heterocycles. The molecule has 1 fully saturated rings. The maximum Gasteiger partial charge on any atom is 0.322 e. The van der Waals surface area contributed by atoms with E-state index in [1.165, 1.54) is 0 Å². The smallest absolute Gasteiger partial charge is 0.322 e. The van der Waals surface area contributed by atoms with E-state index in [1.54, 1.807) is 12.1 Å². The van der Waals surface area contributed by atoms with Crippen LogP contribution in [0.15, 0.2) is 52.6 Å². The average Bonchev–Trinajstić information content (AvgIpc) is 2.81. The van der Waals surface area contributed by atoms with Crippen molar-refractivity contribution in [2.45, 2.75) is 72.9 Å². The molecule has 36 heavy (non-hydrogen) atoms. The average molecular weight is 491 g/mol. The molecule has 0 bridgehead atoms. The van der Waals surface area contributed by atoms with Crippen LogP contribution >= 0.6 is 0 Å². The number of aryl methyl sites for hydroxylation is 2. The second-order valence-electron chi connectivity index (χ2n) is 10.9. The van der Waals surface area contributed by atoms with Crippen LogP contribution in [0.3, 0.4) is 0 Å². The van der Waals surface area contributed by atoms with Crippen molar-refractivity contribution in [1.82, 2.24) is 4.90 Å². The number of carbonyl (C=O) groups is 2. The second kappa shape index (κ2) is 11.5. The molecule has 1 aliphatic rings. The van der Waals surface area contributed by atoms with Crippen molar-refractivity contribution in [3.8, 4) is 0 Å². The summed E-state index contributed by atoms with van der Waals surface area (Å²) in [5.74, 6) is -0.295. The molecule has 8 nitrogen and oxygen atoms in total. The summed E-state index contributed by atoms with van der Waals surface area (Å²) in [4.78, 5) is 31.2. The van der Waals surface area contributed by atoms with E-state index in [0.29, 0.717) is 18.0 Å². The standard InChI is InChI=1S/C28H38N6O2/c1-18-14-19(2)16-23(15-18)31-27(36)34(24-12-10-22(11-13-24)28(3,4)5)17-20-6-8-21(9-7-20)25(35)32-26(29)33-30/h6-9,14-16,22,24,30H,10-13,17H2,1-5H3,(H,31,36)(H2,29,32,35). The van der Waals surface area contributed by atoms with Gasteiger partial charge in [0.25, 0.3) is 5.91 Å². The molecule has 192 valence electrons. The van der Waals surface area contributed by atoms with Gasteiger partial charge in [0.2, 0.25) is 5.96 Å². The molecule has 0 saturated heterocycles. The number of amides is 3. The highest BCUT2D eigenvalue weighted by Crippen LogP contribution is 2.39. The third-order valence-corrected chi connectivity index (χ3v) is 6.98. The summed E-state index contributed by atoms with van der Waals surface area (Å²) in [7, 11) is 0. The summed E-state index contributed by atoms with van der Waals surface area (Å²) in [6, 6.07) is 13.0. The van der Waals surface area contributed by atoms with Crippen LogP contribution in [-0.4, -0.2) is 28.8 Å². The van der Waals surface area contributed by atoms with Gasteiger partial charge >= 0.3 is 6.03 Å². The Labute approximate surface area is 213 Å². The SMILES string of the molecule is Cc1cc(C)cc(NC(=O)N(Cc2ccc(C(=O)N=C(N)N=N)cc2)C2CCC(C(C)(C)C)CC2)c1. The number of carbonyl (C=O) groups excluding carboxylic acids is 2. The number of guanidine groups is 1. The van der Waals surface area contributed by atoms with E-state index in [0.717, 1.165) is 48.1 Å². The van der Waals surface area contributed by atoms with Crippen molar-refractivity contribution < 1.29 is 9.59 Å². The van der Waals surface area contributed by atoms with Crippen molar-refractivity contribution in [3.05, 3.63) is 64.7 Å². The van der Waals surface area contributed by atoms with E-state index in [2.05, 4.69) is 42.3 Å². The Morgan fingerprint density at radius 2 is 1.61 bits per heavy atom. The van der Waals surface area contributed by atoms with E-state index in [9.17, 15) is 9.59 Å². The van der Waals surface area contributed by atoms with Crippen molar-refractivity contribution in [2.24, 2.45) is 27.2 Å². The number of hydrogen-bond donors (Lipinski definition) is 3. The first-order valence-corrected chi connectivity index (χ1v) is 12.5. The molecule has 1 aliphatic carbocycles. The lowest BCUT2D eigenvalue weighted by Crippen LogP contribution is -2.45. The van der Waals surface area contributed by atoms with Gasteiger partial charge in [0.15, 0.2) is 0 Å². The van der Waals surface area contributed by atoms with Gasteiger partial charge in [0.05, 0.1) is 0 Å². The van der Waals surface area contributed by atoms with Crippen LogP contribution in [0.1, 0.15) is 73.5 Å². The molecule has 0 unspecified atom stereocenters. The third-order valence-electron chi connectivity index (χ3n) is 6.98. The van der Waals surface area contributed by atoms with Gasteiger partial charge in [-0.1, -0.05) is 39.0 Å². The fourth-order valence-electron chi connectivity index (χ4n) is 5.01. The maximum absolute atomic E-state index is 13.5. The summed E-state index contributed by atoms with van der Waals surface area (Å²) in [5.41, 5.74) is 16.7. The second-order valence-corrected chi connectivity index (χ2v) is 10.9. The number of urea groups is 1. The summed E-state index contributed by atoms with van der Waals surface area (Å²) in [5, 5.41) is 6.07. The first-order valence-electron chi connectivity index (χ1n) is 12.5. The molecular weight excluding hydrogens is 452 g/mol. The van der Waals surface area contributed by atoms with E-state index in [1.807, 2.05) is 43.0 Å². The number of benzene rings is 2.